The van der Waals surface area contributed by atoms with E-state index in [1.165, 1.54) is 25.0 Å². The largest absolute Gasteiger partial charge is 0.314 e. The van der Waals surface area contributed by atoms with Gasteiger partial charge in [0.25, 0.3) is 0 Å². The molecule has 0 saturated heterocycles. The maximum atomic E-state index is 4.19. The fraction of sp³-hybridized carbons (Fsp3) is 0.786. The maximum Gasteiger partial charge on any atom is 0.0492 e. The Balaban J connectivity index is 1.71. The van der Waals surface area contributed by atoms with Crippen LogP contribution in [0.3, 0.4) is 0 Å². The predicted octanol–water partition coefficient (Wildman–Crippen LogP) is 2.38. The van der Waals surface area contributed by atoms with Gasteiger partial charge in [-0.2, -0.15) is 5.10 Å². The first-order valence-electron chi connectivity index (χ1n) is 6.87. The van der Waals surface area contributed by atoms with E-state index < -0.39 is 0 Å². The van der Waals surface area contributed by atoms with Crippen LogP contribution in [0, 0.1) is 11.8 Å². The van der Waals surface area contributed by atoms with Gasteiger partial charge in [0.05, 0.1) is 0 Å². The lowest BCUT2D eigenvalue weighted by atomic mass is 9.79. The standard InChI is InChI=1S/C14H25N3/c1-11-4-5-13(10-12(11)2)15-8-6-14-7-9-16-17(14)3/h7,9,11-13,15H,4-6,8,10H2,1-3H3/t11-,12-,13-/m1/s1. The number of rotatable bonds is 4. The molecule has 1 N–H and O–H groups in total. The number of aryl methyl sites for hydroxylation is 1. The molecule has 0 radical (unpaired) electrons. The maximum absolute atomic E-state index is 4.19. The number of hydrogen-bond acceptors (Lipinski definition) is 2. The number of nitrogens with zero attached hydrogens (tertiary/aromatic N) is 2. The van der Waals surface area contributed by atoms with Gasteiger partial charge in [-0.25, -0.2) is 0 Å². The summed E-state index contributed by atoms with van der Waals surface area (Å²) in [6.45, 7) is 5.85. The van der Waals surface area contributed by atoms with E-state index in [0.29, 0.717) is 0 Å². The van der Waals surface area contributed by atoms with Crippen LogP contribution in [0.15, 0.2) is 12.3 Å². The number of hydrogen-bond donors (Lipinski definition) is 1. The Kier molecular flexibility index (Phi) is 4.21. The van der Waals surface area contributed by atoms with E-state index >= 15 is 0 Å². The highest BCUT2D eigenvalue weighted by Crippen LogP contribution is 2.29. The van der Waals surface area contributed by atoms with Crippen LogP contribution in [-0.2, 0) is 13.5 Å². The molecule has 96 valence electrons. The van der Waals surface area contributed by atoms with Gasteiger partial charge in [0.1, 0.15) is 0 Å². The Labute approximate surface area is 105 Å². The van der Waals surface area contributed by atoms with Crippen molar-refractivity contribution in [2.75, 3.05) is 6.54 Å². The molecule has 1 saturated carbocycles. The second-order valence-corrected chi connectivity index (χ2v) is 5.61. The van der Waals surface area contributed by atoms with Gasteiger partial charge in [-0.3, -0.25) is 4.68 Å². The lowest BCUT2D eigenvalue weighted by Crippen LogP contribution is -2.37. The Bertz CT molecular complexity index is 345. The molecule has 17 heavy (non-hydrogen) atoms. The molecule has 2 rings (SSSR count). The van der Waals surface area contributed by atoms with E-state index in [4.69, 9.17) is 0 Å². The van der Waals surface area contributed by atoms with Gasteiger partial charge in [0.15, 0.2) is 0 Å². The second kappa shape index (κ2) is 5.67. The third-order valence-electron chi connectivity index (χ3n) is 4.33. The molecule has 3 nitrogen and oxygen atoms in total. The fourth-order valence-electron chi connectivity index (χ4n) is 2.78. The van der Waals surface area contributed by atoms with Crippen molar-refractivity contribution in [2.45, 2.75) is 45.6 Å². The highest BCUT2D eigenvalue weighted by molar-refractivity contribution is 5.00. The van der Waals surface area contributed by atoms with E-state index in [9.17, 15) is 0 Å². The molecule has 0 bridgehead atoms. The Morgan fingerprint density at radius 2 is 2.18 bits per heavy atom. The topological polar surface area (TPSA) is 29.9 Å². The van der Waals surface area contributed by atoms with E-state index in [-0.39, 0.29) is 0 Å². The van der Waals surface area contributed by atoms with Crippen molar-refractivity contribution >= 4 is 0 Å². The van der Waals surface area contributed by atoms with Gasteiger partial charge in [-0.05, 0) is 37.2 Å². The van der Waals surface area contributed by atoms with Crippen LogP contribution in [0.1, 0.15) is 38.8 Å². The average molecular weight is 235 g/mol. The molecule has 3 heteroatoms. The first kappa shape index (κ1) is 12.6. The van der Waals surface area contributed by atoms with Gasteiger partial charge in [0.2, 0.25) is 0 Å². The average Bonchev–Trinajstić information content (AvgIpc) is 2.70. The molecule has 0 aromatic carbocycles. The molecular weight excluding hydrogens is 210 g/mol. The van der Waals surface area contributed by atoms with Crippen LogP contribution in [0.5, 0.6) is 0 Å². The molecule has 1 heterocycles. The van der Waals surface area contributed by atoms with Gasteiger partial charge < -0.3 is 5.32 Å². The SMILES string of the molecule is C[C@@H]1CC[C@@H](NCCc2ccnn2C)C[C@H]1C. The summed E-state index contributed by atoms with van der Waals surface area (Å²) in [6, 6.07) is 2.84. The van der Waals surface area contributed by atoms with Gasteiger partial charge in [0, 0.05) is 37.9 Å². The lowest BCUT2D eigenvalue weighted by Gasteiger charge is -2.32. The molecule has 3 atom stereocenters. The minimum absolute atomic E-state index is 0.731. The molecular formula is C14H25N3. The first-order chi connectivity index (χ1) is 8.16. The van der Waals surface area contributed by atoms with Gasteiger partial charge >= 0.3 is 0 Å². The molecule has 0 unspecified atom stereocenters. The molecule has 1 aromatic heterocycles. The zero-order chi connectivity index (χ0) is 12.3. The normalized spacial score (nSPS) is 29.5. The minimum Gasteiger partial charge on any atom is -0.314 e. The molecule has 1 aliphatic carbocycles. The summed E-state index contributed by atoms with van der Waals surface area (Å²) < 4.78 is 1.97. The van der Waals surface area contributed by atoms with Crippen molar-refractivity contribution in [3.8, 4) is 0 Å². The molecule has 1 aromatic rings. The summed E-state index contributed by atoms with van der Waals surface area (Å²) in [5, 5.41) is 7.89. The Morgan fingerprint density at radius 3 is 2.82 bits per heavy atom. The van der Waals surface area contributed by atoms with Crippen molar-refractivity contribution in [3.05, 3.63) is 18.0 Å². The Morgan fingerprint density at radius 1 is 1.35 bits per heavy atom. The zero-order valence-electron chi connectivity index (χ0n) is 11.3. The molecule has 1 aliphatic rings. The Hall–Kier alpha value is -0.830. The van der Waals surface area contributed by atoms with Gasteiger partial charge in [-0.1, -0.05) is 13.8 Å². The molecule has 0 spiro atoms. The summed E-state index contributed by atoms with van der Waals surface area (Å²) in [7, 11) is 2.01. The van der Waals surface area contributed by atoms with Crippen LogP contribution in [-0.4, -0.2) is 22.4 Å². The van der Waals surface area contributed by atoms with E-state index in [2.05, 4.69) is 30.3 Å². The van der Waals surface area contributed by atoms with Crippen LogP contribution >= 0.6 is 0 Å². The van der Waals surface area contributed by atoms with E-state index in [1.54, 1.807) is 0 Å². The van der Waals surface area contributed by atoms with Crippen molar-refractivity contribution in [1.82, 2.24) is 15.1 Å². The molecule has 0 aliphatic heterocycles. The highest BCUT2D eigenvalue weighted by atomic mass is 15.3. The van der Waals surface area contributed by atoms with Crippen molar-refractivity contribution in [1.29, 1.82) is 0 Å². The number of aromatic nitrogens is 2. The summed E-state index contributed by atoms with van der Waals surface area (Å²) in [5.74, 6) is 1.78. The summed E-state index contributed by atoms with van der Waals surface area (Å²) >= 11 is 0. The van der Waals surface area contributed by atoms with Crippen LogP contribution in [0.4, 0.5) is 0 Å². The minimum atomic E-state index is 0.731. The number of nitrogens with one attached hydrogen (secondary N) is 1. The summed E-state index contributed by atoms with van der Waals surface area (Å²) in [4.78, 5) is 0. The molecule has 0 amide bonds. The second-order valence-electron chi connectivity index (χ2n) is 5.61. The van der Waals surface area contributed by atoms with Crippen molar-refractivity contribution < 1.29 is 0 Å². The predicted molar refractivity (Wildman–Crippen MR) is 70.9 cm³/mol. The zero-order valence-corrected chi connectivity index (χ0v) is 11.3. The fourth-order valence-corrected chi connectivity index (χ4v) is 2.78. The van der Waals surface area contributed by atoms with E-state index in [1.807, 2.05) is 17.9 Å². The summed E-state index contributed by atoms with van der Waals surface area (Å²) in [6.07, 6.45) is 7.02. The highest BCUT2D eigenvalue weighted by Gasteiger charge is 2.23. The molecule has 1 fully saturated rings. The third kappa shape index (κ3) is 3.32. The third-order valence-corrected chi connectivity index (χ3v) is 4.33. The van der Waals surface area contributed by atoms with Crippen molar-refractivity contribution in [2.24, 2.45) is 18.9 Å². The van der Waals surface area contributed by atoms with Gasteiger partial charge in [-0.15, -0.1) is 0 Å². The summed E-state index contributed by atoms with van der Waals surface area (Å²) in [5.41, 5.74) is 1.31. The lowest BCUT2D eigenvalue weighted by molar-refractivity contribution is 0.227. The van der Waals surface area contributed by atoms with Crippen LogP contribution < -0.4 is 5.32 Å². The first-order valence-corrected chi connectivity index (χ1v) is 6.87. The van der Waals surface area contributed by atoms with E-state index in [0.717, 1.165) is 30.8 Å². The smallest absolute Gasteiger partial charge is 0.0492 e. The van der Waals surface area contributed by atoms with Crippen LogP contribution in [0.2, 0.25) is 0 Å². The van der Waals surface area contributed by atoms with Crippen molar-refractivity contribution in [3.63, 3.8) is 0 Å². The monoisotopic (exact) mass is 235 g/mol. The van der Waals surface area contributed by atoms with Crippen LogP contribution in [0.25, 0.3) is 0 Å². The quantitative estimate of drug-likeness (QED) is 0.868.